The topological polar surface area (TPSA) is 22.1 Å². The zero-order valence-corrected chi connectivity index (χ0v) is 10.8. The molecule has 0 fully saturated rings. The first-order chi connectivity index (χ1) is 7.74. The minimum absolute atomic E-state index is 0.236. The van der Waals surface area contributed by atoms with E-state index in [9.17, 15) is 22.0 Å². The lowest BCUT2D eigenvalue weighted by atomic mass is 10.2. The molecule has 0 aromatic carbocycles. The highest BCUT2D eigenvalue weighted by Crippen LogP contribution is 2.31. The monoisotopic (exact) mass is 387 g/mol. The van der Waals surface area contributed by atoms with Gasteiger partial charge in [-0.25, -0.2) is 13.8 Å². The second kappa shape index (κ2) is 5.51. The minimum Gasteiger partial charge on any atom is -0.387 e. The number of rotatable bonds is 3. The molecule has 0 aliphatic carbocycles. The van der Waals surface area contributed by atoms with Gasteiger partial charge in [0.15, 0.2) is 0 Å². The van der Waals surface area contributed by atoms with E-state index in [1.54, 1.807) is 0 Å². The van der Waals surface area contributed by atoms with E-state index in [1.165, 1.54) is 22.6 Å². The molecule has 0 saturated carbocycles. The Labute approximate surface area is 111 Å². The van der Waals surface area contributed by atoms with Crippen LogP contribution in [0.25, 0.3) is 0 Å². The van der Waals surface area contributed by atoms with Crippen molar-refractivity contribution in [3.05, 3.63) is 20.9 Å². The molecule has 0 aliphatic rings. The van der Waals surface area contributed by atoms with Crippen LogP contribution in [0.4, 0.5) is 22.0 Å². The first kappa shape index (κ1) is 14.7. The molecular formula is C8H4ClF5INO. The predicted molar refractivity (Wildman–Crippen MR) is 58.2 cm³/mol. The largest absolute Gasteiger partial charge is 0.574 e. The fourth-order valence-electron chi connectivity index (χ4n) is 0.981. The normalized spacial score (nSPS) is 12.0. The zero-order valence-electron chi connectivity index (χ0n) is 7.86. The molecule has 0 atom stereocenters. The quantitative estimate of drug-likeness (QED) is 0.335. The lowest BCUT2D eigenvalue weighted by molar-refractivity contribution is -0.276. The summed E-state index contributed by atoms with van der Waals surface area (Å²) in [6.07, 6.45) is -7.78. The van der Waals surface area contributed by atoms with Crippen molar-refractivity contribution in [2.24, 2.45) is 0 Å². The maximum absolute atomic E-state index is 12.5. The maximum Gasteiger partial charge on any atom is 0.574 e. The molecule has 0 bridgehead atoms. The Balaban J connectivity index is 3.19. The predicted octanol–water partition coefficient (Wildman–Crippen LogP) is 4.26. The van der Waals surface area contributed by atoms with Crippen LogP contribution in [0.3, 0.4) is 0 Å². The van der Waals surface area contributed by atoms with Gasteiger partial charge < -0.3 is 4.74 Å². The van der Waals surface area contributed by atoms with E-state index >= 15 is 0 Å². The number of pyridine rings is 1. The highest BCUT2D eigenvalue weighted by molar-refractivity contribution is 14.1. The molecule has 17 heavy (non-hydrogen) atoms. The molecule has 9 heteroatoms. The molecule has 0 spiro atoms. The van der Waals surface area contributed by atoms with E-state index in [1.807, 2.05) is 0 Å². The standard InChI is InChI=1S/C8H4ClF5INO/c9-2-3-1-4(5(10)11)6(15)16-7(3)17-8(12,13)14/h1,5H,2H2. The molecule has 96 valence electrons. The minimum atomic E-state index is -4.94. The van der Waals surface area contributed by atoms with Gasteiger partial charge in [-0.1, -0.05) is 0 Å². The van der Waals surface area contributed by atoms with E-state index in [4.69, 9.17) is 11.6 Å². The molecule has 1 aromatic heterocycles. The second-order valence-electron chi connectivity index (χ2n) is 2.81. The van der Waals surface area contributed by atoms with E-state index in [0.29, 0.717) is 0 Å². The summed E-state index contributed by atoms with van der Waals surface area (Å²) in [5, 5.41) is 0. The lowest BCUT2D eigenvalue weighted by Crippen LogP contribution is -2.19. The van der Waals surface area contributed by atoms with Crippen LogP contribution in [0.5, 0.6) is 5.88 Å². The van der Waals surface area contributed by atoms with Gasteiger partial charge in [0.2, 0.25) is 5.88 Å². The van der Waals surface area contributed by atoms with Crippen molar-refractivity contribution in [2.45, 2.75) is 18.7 Å². The van der Waals surface area contributed by atoms with Crippen LogP contribution in [0, 0.1) is 3.70 Å². The first-order valence-corrected chi connectivity index (χ1v) is 5.65. The molecular weight excluding hydrogens is 383 g/mol. The summed E-state index contributed by atoms with van der Waals surface area (Å²) >= 11 is 6.76. The van der Waals surface area contributed by atoms with Crippen LogP contribution in [0.1, 0.15) is 17.6 Å². The van der Waals surface area contributed by atoms with Gasteiger partial charge in [-0.15, -0.1) is 24.8 Å². The third-order valence-corrected chi connectivity index (χ3v) is 2.79. The van der Waals surface area contributed by atoms with Crippen molar-refractivity contribution in [1.82, 2.24) is 4.98 Å². The highest BCUT2D eigenvalue weighted by atomic mass is 127. The molecule has 2 nitrogen and oxygen atoms in total. The van der Waals surface area contributed by atoms with Crippen molar-refractivity contribution < 1.29 is 26.7 Å². The Hall–Kier alpha value is -0.380. The van der Waals surface area contributed by atoms with Gasteiger partial charge in [0.05, 0.1) is 11.4 Å². The molecule has 0 saturated heterocycles. The second-order valence-corrected chi connectivity index (χ2v) is 4.10. The van der Waals surface area contributed by atoms with Gasteiger partial charge in [0.25, 0.3) is 6.43 Å². The summed E-state index contributed by atoms with van der Waals surface area (Å²) in [5.74, 6) is -1.21. The van der Waals surface area contributed by atoms with Gasteiger partial charge in [0, 0.05) is 5.56 Å². The summed E-state index contributed by atoms with van der Waals surface area (Å²) in [7, 11) is 0. The van der Waals surface area contributed by atoms with Crippen molar-refractivity contribution >= 4 is 34.2 Å². The maximum atomic E-state index is 12.5. The lowest BCUT2D eigenvalue weighted by Gasteiger charge is -2.13. The Morgan fingerprint density at radius 2 is 2.00 bits per heavy atom. The Morgan fingerprint density at radius 3 is 2.41 bits per heavy atom. The average Bonchev–Trinajstić information content (AvgIpc) is 2.14. The van der Waals surface area contributed by atoms with Crippen LogP contribution in [0.15, 0.2) is 6.07 Å². The molecule has 0 aliphatic heterocycles. The fraction of sp³-hybridized carbons (Fsp3) is 0.375. The molecule has 0 radical (unpaired) electrons. The summed E-state index contributed by atoms with van der Waals surface area (Å²) < 4.78 is 64.2. The molecule has 1 heterocycles. The summed E-state index contributed by atoms with van der Waals surface area (Å²) in [6, 6.07) is 0.855. The number of hydrogen-bond donors (Lipinski definition) is 0. The third kappa shape index (κ3) is 4.09. The smallest absolute Gasteiger partial charge is 0.387 e. The Bertz CT molecular complexity index is 412. The average molecular weight is 387 g/mol. The van der Waals surface area contributed by atoms with Crippen LogP contribution in [0.2, 0.25) is 0 Å². The SMILES string of the molecule is FC(F)c1cc(CCl)c(OC(F)(F)F)nc1I. The van der Waals surface area contributed by atoms with Crippen molar-refractivity contribution in [3.63, 3.8) is 0 Å². The van der Waals surface area contributed by atoms with Crippen LogP contribution in [-0.2, 0) is 5.88 Å². The first-order valence-electron chi connectivity index (χ1n) is 4.03. The molecule has 0 amide bonds. The van der Waals surface area contributed by atoms with Gasteiger partial charge >= 0.3 is 6.36 Å². The molecule has 0 N–H and O–H groups in total. The van der Waals surface area contributed by atoms with Crippen LogP contribution >= 0.6 is 34.2 Å². The Morgan fingerprint density at radius 1 is 1.41 bits per heavy atom. The van der Waals surface area contributed by atoms with Gasteiger partial charge in [-0.2, -0.15) is 0 Å². The van der Waals surface area contributed by atoms with Crippen molar-refractivity contribution in [2.75, 3.05) is 0 Å². The summed E-state index contributed by atoms with van der Waals surface area (Å²) in [4.78, 5) is 3.33. The van der Waals surface area contributed by atoms with E-state index < -0.39 is 30.1 Å². The molecule has 0 unspecified atom stereocenters. The fourth-order valence-corrected chi connectivity index (χ4v) is 1.78. The summed E-state index contributed by atoms with van der Waals surface area (Å²) in [5.41, 5.74) is -0.713. The van der Waals surface area contributed by atoms with Gasteiger partial charge in [-0.3, -0.25) is 0 Å². The number of alkyl halides is 6. The van der Waals surface area contributed by atoms with Crippen molar-refractivity contribution in [1.29, 1.82) is 0 Å². The van der Waals surface area contributed by atoms with E-state index in [2.05, 4.69) is 9.72 Å². The number of ether oxygens (including phenoxy) is 1. The van der Waals surface area contributed by atoms with Crippen LogP contribution < -0.4 is 4.74 Å². The van der Waals surface area contributed by atoms with E-state index in [0.717, 1.165) is 6.07 Å². The number of halogens is 7. The van der Waals surface area contributed by atoms with Gasteiger partial charge in [0.1, 0.15) is 3.70 Å². The third-order valence-electron chi connectivity index (χ3n) is 1.63. The highest BCUT2D eigenvalue weighted by Gasteiger charge is 2.33. The molecule has 1 aromatic rings. The van der Waals surface area contributed by atoms with Crippen molar-refractivity contribution in [3.8, 4) is 5.88 Å². The number of aromatic nitrogens is 1. The van der Waals surface area contributed by atoms with E-state index in [-0.39, 0.29) is 9.26 Å². The Kier molecular flexibility index (Phi) is 4.76. The molecule has 1 rings (SSSR count). The van der Waals surface area contributed by atoms with Gasteiger partial charge in [-0.05, 0) is 28.7 Å². The zero-order chi connectivity index (χ0) is 13.2. The van der Waals surface area contributed by atoms with Crippen LogP contribution in [-0.4, -0.2) is 11.3 Å². The summed E-state index contributed by atoms with van der Waals surface area (Å²) in [6.45, 7) is 0. The number of nitrogens with zero attached hydrogens (tertiary/aromatic N) is 1. The number of hydrogen-bond acceptors (Lipinski definition) is 2.